The smallest absolute Gasteiger partial charge is 0.377 e. The van der Waals surface area contributed by atoms with E-state index >= 15 is 0 Å². The van der Waals surface area contributed by atoms with Crippen molar-refractivity contribution in [2.75, 3.05) is 106 Å². The fourth-order valence-corrected chi connectivity index (χ4v) is 2.13. The maximum atomic E-state index is 12.8. The summed E-state index contributed by atoms with van der Waals surface area (Å²) in [5.41, 5.74) is 0. The Morgan fingerprint density at radius 3 is 0.615 bits per heavy atom. The van der Waals surface area contributed by atoms with Gasteiger partial charge in [0.2, 0.25) is 0 Å². The lowest BCUT2D eigenvalue weighted by Gasteiger charge is -2.22. The molecule has 0 atom stereocenters. The van der Waals surface area contributed by atoms with Crippen LogP contribution in [0.1, 0.15) is 13.8 Å². The summed E-state index contributed by atoms with van der Waals surface area (Å²) in [4.78, 5) is 0. The third-order valence-corrected chi connectivity index (χ3v) is 4.28. The fraction of sp³-hybridized carbons (Fsp3) is 1.00. The number of rotatable bonds is 28. The highest BCUT2D eigenvalue weighted by Gasteiger charge is 2.54. The number of hydrogen-bond acceptors (Lipinski definition) is 9. The lowest BCUT2D eigenvalue weighted by molar-refractivity contribution is -0.343. The molecular formula is C22H38F8O9. The molecule has 0 rings (SSSR count). The zero-order valence-electron chi connectivity index (χ0n) is 22.0. The molecule has 0 saturated heterocycles. The Labute approximate surface area is 222 Å². The number of alkyl halides is 8. The lowest BCUT2D eigenvalue weighted by Crippen LogP contribution is -2.41. The Kier molecular flexibility index (Phi) is 20.4. The molecule has 0 bridgehead atoms. The van der Waals surface area contributed by atoms with Crippen LogP contribution in [-0.2, 0) is 42.6 Å². The van der Waals surface area contributed by atoms with Crippen molar-refractivity contribution in [1.82, 2.24) is 0 Å². The van der Waals surface area contributed by atoms with E-state index in [9.17, 15) is 35.1 Å². The molecule has 0 aromatic heterocycles. The first kappa shape index (κ1) is 38.1. The van der Waals surface area contributed by atoms with Crippen molar-refractivity contribution in [2.45, 2.75) is 37.9 Å². The first-order valence-electron chi connectivity index (χ1n) is 12.0. The van der Waals surface area contributed by atoms with Gasteiger partial charge < -0.3 is 42.6 Å². The van der Waals surface area contributed by atoms with Gasteiger partial charge in [-0.2, -0.15) is 35.1 Å². The van der Waals surface area contributed by atoms with Crippen LogP contribution in [0.4, 0.5) is 35.1 Å². The zero-order chi connectivity index (χ0) is 29.7. The Balaban J connectivity index is 3.25. The molecule has 0 amide bonds. The van der Waals surface area contributed by atoms with E-state index in [0.29, 0.717) is 26.4 Å². The van der Waals surface area contributed by atoms with Gasteiger partial charge >= 0.3 is 24.1 Å². The summed E-state index contributed by atoms with van der Waals surface area (Å²) in [7, 11) is 0. The molecule has 0 saturated carbocycles. The van der Waals surface area contributed by atoms with Crippen LogP contribution >= 0.6 is 0 Å². The molecule has 0 aliphatic carbocycles. The molecule has 0 aromatic carbocycles. The highest BCUT2D eigenvalue weighted by atomic mass is 19.3. The van der Waals surface area contributed by atoms with Crippen molar-refractivity contribution in [3.8, 4) is 0 Å². The Morgan fingerprint density at radius 1 is 0.308 bits per heavy atom. The van der Waals surface area contributed by atoms with Crippen molar-refractivity contribution in [2.24, 2.45) is 0 Å². The SMILES string of the molecule is CC(F)(F)C(F)(F)OCCOCCOCCOCCOCCOCCOCCOCCOC(F)(F)C(C)(F)F. The second kappa shape index (κ2) is 20.9. The van der Waals surface area contributed by atoms with Gasteiger partial charge in [0.25, 0.3) is 0 Å². The number of halogens is 8. The van der Waals surface area contributed by atoms with Crippen LogP contribution in [0.15, 0.2) is 0 Å². The largest absolute Gasteiger partial charge is 0.419 e. The monoisotopic (exact) mass is 598 g/mol. The van der Waals surface area contributed by atoms with Gasteiger partial charge in [0.15, 0.2) is 0 Å². The van der Waals surface area contributed by atoms with Crippen molar-refractivity contribution in [1.29, 1.82) is 0 Å². The maximum absolute atomic E-state index is 12.8. The lowest BCUT2D eigenvalue weighted by atomic mass is 10.4. The average molecular weight is 599 g/mol. The third-order valence-electron chi connectivity index (χ3n) is 4.28. The van der Waals surface area contributed by atoms with Gasteiger partial charge in [0.1, 0.15) is 0 Å². The Hall–Kier alpha value is -0.920. The highest BCUT2D eigenvalue weighted by Crippen LogP contribution is 2.35. The minimum Gasteiger partial charge on any atom is -0.377 e. The molecule has 0 aliphatic rings. The minimum atomic E-state index is -4.55. The van der Waals surface area contributed by atoms with E-state index in [1.54, 1.807) is 0 Å². The van der Waals surface area contributed by atoms with Crippen molar-refractivity contribution < 1.29 is 77.8 Å². The van der Waals surface area contributed by atoms with Gasteiger partial charge in [-0.15, -0.1) is 0 Å². The predicted octanol–water partition coefficient (Wildman–Crippen LogP) is 3.63. The molecule has 0 aliphatic heterocycles. The molecule has 0 aromatic rings. The Morgan fingerprint density at radius 2 is 0.462 bits per heavy atom. The van der Waals surface area contributed by atoms with Gasteiger partial charge in [-0.05, 0) is 0 Å². The molecule has 0 unspecified atom stereocenters. The van der Waals surface area contributed by atoms with Crippen LogP contribution in [0.25, 0.3) is 0 Å². The second-order valence-electron chi connectivity index (χ2n) is 7.79. The molecule has 0 N–H and O–H groups in total. The molecule has 0 heterocycles. The van der Waals surface area contributed by atoms with Crippen molar-refractivity contribution in [3.63, 3.8) is 0 Å². The number of hydrogen-bond donors (Lipinski definition) is 0. The zero-order valence-corrected chi connectivity index (χ0v) is 22.0. The van der Waals surface area contributed by atoms with Crippen LogP contribution in [0.3, 0.4) is 0 Å². The van der Waals surface area contributed by atoms with E-state index in [1.807, 2.05) is 0 Å². The fourth-order valence-electron chi connectivity index (χ4n) is 2.13. The normalized spacial score (nSPS) is 13.4. The molecule has 9 nitrogen and oxygen atoms in total. The average Bonchev–Trinajstić information content (AvgIpc) is 2.82. The van der Waals surface area contributed by atoms with Crippen molar-refractivity contribution in [3.05, 3.63) is 0 Å². The van der Waals surface area contributed by atoms with E-state index in [-0.39, 0.29) is 79.9 Å². The van der Waals surface area contributed by atoms with Crippen LogP contribution in [0, 0.1) is 0 Å². The minimum absolute atomic E-state index is 0.0669. The van der Waals surface area contributed by atoms with E-state index in [2.05, 4.69) is 9.47 Å². The van der Waals surface area contributed by atoms with E-state index in [1.165, 1.54) is 0 Å². The summed E-state index contributed by atoms with van der Waals surface area (Å²) in [6, 6.07) is 0. The first-order chi connectivity index (χ1) is 18.2. The summed E-state index contributed by atoms with van der Waals surface area (Å²) < 4.78 is 145. The van der Waals surface area contributed by atoms with Crippen molar-refractivity contribution >= 4 is 0 Å². The van der Waals surface area contributed by atoms with Gasteiger partial charge in [0.05, 0.1) is 106 Å². The van der Waals surface area contributed by atoms with Gasteiger partial charge in [-0.3, -0.25) is 0 Å². The summed E-state index contributed by atoms with van der Waals surface area (Å²) in [5.74, 6) is -8.55. The van der Waals surface area contributed by atoms with Gasteiger partial charge in [-0.1, -0.05) is 0 Å². The van der Waals surface area contributed by atoms with Crippen LogP contribution in [0.2, 0.25) is 0 Å². The summed E-state index contributed by atoms with van der Waals surface area (Å²) in [6.45, 7) is 1.05. The predicted molar refractivity (Wildman–Crippen MR) is 119 cm³/mol. The van der Waals surface area contributed by atoms with Crippen LogP contribution < -0.4 is 0 Å². The Bertz CT molecular complexity index is 531. The topological polar surface area (TPSA) is 83.1 Å². The molecule has 39 heavy (non-hydrogen) atoms. The second-order valence-corrected chi connectivity index (χ2v) is 7.79. The summed E-state index contributed by atoms with van der Waals surface area (Å²) in [5, 5.41) is 0. The van der Waals surface area contributed by atoms with Crippen LogP contribution in [-0.4, -0.2) is 130 Å². The standard InChI is InChI=1S/C22H38F8O9/c1-19(23,24)21(27,28)38-17-15-36-13-11-34-9-7-32-5-3-31-4-6-33-8-10-35-12-14-37-16-18-39-22(29,30)20(2,25)26/h3-18H2,1-2H3. The molecule has 17 heteroatoms. The molecular weight excluding hydrogens is 560 g/mol. The van der Waals surface area contributed by atoms with E-state index in [0.717, 1.165) is 0 Å². The molecule has 236 valence electrons. The first-order valence-corrected chi connectivity index (χ1v) is 12.0. The quantitative estimate of drug-likeness (QED) is 0.0991. The number of ether oxygens (including phenoxy) is 9. The summed E-state index contributed by atoms with van der Waals surface area (Å²) in [6.07, 6.45) is -9.10. The van der Waals surface area contributed by atoms with Gasteiger partial charge in [0, 0.05) is 13.8 Å². The molecule has 0 spiro atoms. The maximum Gasteiger partial charge on any atom is 0.419 e. The van der Waals surface area contributed by atoms with E-state index < -0.39 is 37.3 Å². The summed E-state index contributed by atoms with van der Waals surface area (Å²) >= 11 is 0. The third kappa shape index (κ3) is 20.6. The molecule has 0 radical (unpaired) electrons. The van der Waals surface area contributed by atoms with Crippen LogP contribution in [0.5, 0.6) is 0 Å². The molecule has 0 fully saturated rings. The highest BCUT2D eigenvalue weighted by molar-refractivity contribution is 4.71. The van der Waals surface area contributed by atoms with Gasteiger partial charge in [-0.25, -0.2) is 0 Å². The van der Waals surface area contributed by atoms with E-state index in [4.69, 9.17) is 33.2 Å².